The number of carbonyl (C=O) groups excluding carboxylic acids is 1. The fourth-order valence-corrected chi connectivity index (χ4v) is 3.52. The highest BCUT2D eigenvalue weighted by Gasteiger charge is 2.47. The first-order chi connectivity index (χ1) is 13.5. The molecular formula is C23H26N2O3. The van der Waals surface area contributed by atoms with Gasteiger partial charge in [0, 0.05) is 23.1 Å². The summed E-state index contributed by atoms with van der Waals surface area (Å²) in [7, 11) is 4.01. The molecule has 1 aromatic heterocycles. The van der Waals surface area contributed by atoms with Crippen LogP contribution in [-0.4, -0.2) is 38.1 Å². The van der Waals surface area contributed by atoms with Crippen molar-refractivity contribution in [2.75, 3.05) is 27.2 Å². The van der Waals surface area contributed by atoms with Gasteiger partial charge in [0.05, 0.1) is 11.8 Å². The Labute approximate surface area is 165 Å². The van der Waals surface area contributed by atoms with E-state index in [0.29, 0.717) is 12.2 Å². The number of para-hydroxylation sites is 1. The number of amides is 1. The van der Waals surface area contributed by atoms with E-state index in [-0.39, 0.29) is 11.4 Å². The van der Waals surface area contributed by atoms with Gasteiger partial charge in [0.1, 0.15) is 17.9 Å². The Bertz CT molecular complexity index is 1000. The fraction of sp³-hybridized carbons (Fsp3) is 0.348. The lowest BCUT2D eigenvalue weighted by Crippen LogP contribution is -2.35. The number of hydrogen-bond donors (Lipinski definition) is 1. The van der Waals surface area contributed by atoms with Gasteiger partial charge in [-0.25, -0.2) is 0 Å². The fourth-order valence-electron chi connectivity index (χ4n) is 3.52. The highest BCUT2D eigenvalue weighted by molar-refractivity contribution is 5.97. The van der Waals surface area contributed by atoms with E-state index in [4.69, 9.17) is 9.15 Å². The molecule has 146 valence electrons. The van der Waals surface area contributed by atoms with E-state index in [0.717, 1.165) is 47.2 Å². The van der Waals surface area contributed by atoms with Crippen LogP contribution < -0.4 is 10.1 Å². The molecule has 0 bridgehead atoms. The number of aryl methyl sites for hydroxylation is 1. The highest BCUT2D eigenvalue weighted by Crippen LogP contribution is 2.48. The summed E-state index contributed by atoms with van der Waals surface area (Å²) in [5.41, 5.74) is 3.16. The molecule has 0 saturated heterocycles. The molecule has 2 aromatic carbocycles. The van der Waals surface area contributed by atoms with Gasteiger partial charge in [-0.05, 0) is 57.6 Å². The van der Waals surface area contributed by atoms with Crippen molar-refractivity contribution in [3.05, 3.63) is 65.4 Å². The predicted octanol–water partition coefficient (Wildman–Crippen LogP) is 4.10. The van der Waals surface area contributed by atoms with Crippen LogP contribution in [0.2, 0.25) is 0 Å². The first-order valence-corrected chi connectivity index (χ1v) is 9.66. The molecule has 28 heavy (non-hydrogen) atoms. The Kier molecular flexibility index (Phi) is 4.85. The van der Waals surface area contributed by atoms with Crippen molar-refractivity contribution in [2.24, 2.45) is 0 Å². The van der Waals surface area contributed by atoms with Crippen LogP contribution in [0.25, 0.3) is 11.0 Å². The van der Waals surface area contributed by atoms with Gasteiger partial charge in [0.25, 0.3) is 5.91 Å². The lowest BCUT2D eigenvalue weighted by Gasteiger charge is -2.19. The normalized spacial score (nSPS) is 15.0. The summed E-state index contributed by atoms with van der Waals surface area (Å²) in [4.78, 5) is 15.2. The van der Waals surface area contributed by atoms with Crippen molar-refractivity contribution in [1.29, 1.82) is 0 Å². The second kappa shape index (κ2) is 7.32. The maximum atomic E-state index is 13.1. The average Bonchev–Trinajstić information content (AvgIpc) is 3.27. The molecule has 0 spiro atoms. The van der Waals surface area contributed by atoms with Crippen molar-refractivity contribution in [3.63, 3.8) is 0 Å². The molecule has 0 aliphatic heterocycles. The SMILES string of the molecule is Cc1ccc(OCCN(C)C)cc1C(=O)NC1(c2cccc3ccoc23)CC1. The summed E-state index contributed by atoms with van der Waals surface area (Å²) in [5, 5.41) is 4.32. The summed E-state index contributed by atoms with van der Waals surface area (Å²) in [5.74, 6) is 0.646. The van der Waals surface area contributed by atoms with Crippen molar-refractivity contribution in [3.8, 4) is 5.75 Å². The van der Waals surface area contributed by atoms with Crippen LogP contribution in [0.5, 0.6) is 5.75 Å². The minimum Gasteiger partial charge on any atom is -0.492 e. The minimum atomic E-state index is -0.345. The summed E-state index contributed by atoms with van der Waals surface area (Å²) >= 11 is 0. The summed E-state index contributed by atoms with van der Waals surface area (Å²) in [6.45, 7) is 3.36. The molecule has 1 N–H and O–H groups in total. The number of nitrogens with one attached hydrogen (secondary N) is 1. The average molecular weight is 378 g/mol. The summed E-state index contributed by atoms with van der Waals surface area (Å²) in [6, 6.07) is 13.7. The number of likely N-dealkylation sites (N-methyl/N-ethyl adjacent to an activating group) is 1. The lowest BCUT2D eigenvalue weighted by molar-refractivity contribution is 0.0930. The predicted molar refractivity (Wildman–Crippen MR) is 110 cm³/mol. The standard InChI is InChI=1S/C23H26N2O3/c1-16-7-8-18(27-14-12-25(2)3)15-19(16)22(26)24-23(10-11-23)20-6-4-5-17-9-13-28-21(17)20/h4-9,13,15H,10-12,14H2,1-3H3,(H,24,26). The molecular weight excluding hydrogens is 352 g/mol. The molecule has 1 saturated carbocycles. The van der Waals surface area contributed by atoms with Gasteiger partial charge in [0.2, 0.25) is 0 Å². The van der Waals surface area contributed by atoms with E-state index in [9.17, 15) is 4.79 Å². The first kappa shape index (κ1) is 18.6. The second-order valence-corrected chi connectivity index (χ2v) is 7.81. The van der Waals surface area contributed by atoms with Gasteiger partial charge in [-0.2, -0.15) is 0 Å². The van der Waals surface area contributed by atoms with Gasteiger partial charge in [-0.3, -0.25) is 4.79 Å². The van der Waals surface area contributed by atoms with Crippen LogP contribution >= 0.6 is 0 Å². The number of ether oxygens (including phenoxy) is 1. The zero-order valence-electron chi connectivity index (χ0n) is 16.6. The monoisotopic (exact) mass is 378 g/mol. The van der Waals surface area contributed by atoms with Crippen LogP contribution in [0.1, 0.15) is 34.3 Å². The molecule has 0 unspecified atom stereocenters. The molecule has 3 aromatic rings. The first-order valence-electron chi connectivity index (χ1n) is 9.66. The van der Waals surface area contributed by atoms with Gasteiger partial charge in [-0.15, -0.1) is 0 Å². The third-order valence-corrected chi connectivity index (χ3v) is 5.36. The van der Waals surface area contributed by atoms with Crippen LogP contribution in [0.15, 0.2) is 53.1 Å². The molecule has 1 amide bonds. The molecule has 4 rings (SSSR count). The van der Waals surface area contributed by atoms with Gasteiger partial charge in [0.15, 0.2) is 0 Å². The maximum absolute atomic E-state index is 13.1. The molecule has 0 radical (unpaired) electrons. The largest absolute Gasteiger partial charge is 0.492 e. The molecule has 5 heteroatoms. The Morgan fingerprint density at radius 1 is 1.21 bits per heavy atom. The minimum absolute atomic E-state index is 0.0726. The van der Waals surface area contributed by atoms with E-state index < -0.39 is 0 Å². The zero-order chi connectivity index (χ0) is 19.7. The number of carbonyl (C=O) groups is 1. The van der Waals surface area contributed by atoms with Crippen LogP contribution in [0.3, 0.4) is 0 Å². The lowest BCUT2D eigenvalue weighted by atomic mass is 10.0. The number of fused-ring (bicyclic) bond motifs is 1. The Morgan fingerprint density at radius 2 is 2.04 bits per heavy atom. The molecule has 0 atom stereocenters. The van der Waals surface area contributed by atoms with Crippen LogP contribution in [0, 0.1) is 6.92 Å². The van der Waals surface area contributed by atoms with Gasteiger partial charge >= 0.3 is 0 Å². The van der Waals surface area contributed by atoms with E-state index in [1.807, 2.05) is 63.5 Å². The van der Waals surface area contributed by atoms with Crippen molar-refractivity contribution < 1.29 is 13.9 Å². The van der Waals surface area contributed by atoms with Crippen LogP contribution in [0.4, 0.5) is 0 Å². The molecule has 1 aliphatic rings. The highest BCUT2D eigenvalue weighted by atomic mass is 16.5. The maximum Gasteiger partial charge on any atom is 0.252 e. The summed E-state index contributed by atoms with van der Waals surface area (Å²) < 4.78 is 11.5. The third-order valence-electron chi connectivity index (χ3n) is 5.36. The summed E-state index contributed by atoms with van der Waals surface area (Å²) in [6.07, 6.45) is 3.53. The Hall–Kier alpha value is -2.79. The van der Waals surface area contributed by atoms with Crippen LogP contribution in [-0.2, 0) is 5.54 Å². The molecule has 5 nitrogen and oxygen atoms in total. The van der Waals surface area contributed by atoms with E-state index in [2.05, 4.69) is 10.2 Å². The quantitative estimate of drug-likeness (QED) is 0.672. The van der Waals surface area contributed by atoms with E-state index >= 15 is 0 Å². The smallest absolute Gasteiger partial charge is 0.252 e. The van der Waals surface area contributed by atoms with Crippen molar-refractivity contribution >= 4 is 16.9 Å². The van der Waals surface area contributed by atoms with E-state index in [1.165, 1.54) is 0 Å². The number of nitrogens with zero attached hydrogens (tertiary/aromatic N) is 1. The van der Waals surface area contributed by atoms with E-state index in [1.54, 1.807) is 6.26 Å². The zero-order valence-corrected chi connectivity index (χ0v) is 16.6. The number of rotatable bonds is 7. The number of furan rings is 1. The molecule has 1 aliphatic carbocycles. The van der Waals surface area contributed by atoms with Crippen molar-refractivity contribution in [2.45, 2.75) is 25.3 Å². The topological polar surface area (TPSA) is 54.7 Å². The second-order valence-electron chi connectivity index (χ2n) is 7.81. The van der Waals surface area contributed by atoms with Crippen molar-refractivity contribution in [1.82, 2.24) is 10.2 Å². The number of hydrogen-bond acceptors (Lipinski definition) is 4. The molecule has 1 heterocycles. The number of benzene rings is 2. The Morgan fingerprint density at radius 3 is 2.79 bits per heavy atom. The van der Waals surface area contributed by atoms with Gasteiger partial charge < -0.3 is 19.4 Å². The van der Waals surface area contributed by atoms with Gasteiger partial charge in [-0.1, -0.05) is 24.3 Å². The molecule has 1 fully saturated rings. The third kappa shape index (κ3) is 3.62. The Balaban J connectivity index is 1.54.